The molecule has 7 nitrogen and oxygen atoms in total. The molecule has 0 aromatic heterocycles. The number of amides is 1. The Labute approximate surface area is 243 Å². The van der Waals surface area contributed by atoms with Gasteiger partial charge < -0.3 is 10.4 Å². The third kappa shape index (κ3) is 7.76. The molecule has 0 radical (unpaired) electrons. The van der Waals surface area contributed by atoms with E-state index in [0.29, 0.717) is 24.5 Å². The third-order valence-electron chi connectivity index (χ3n) is 7.60. The second-order valence-corrected chi connectivity index (χ2v) is 12.6. The molecule has 42 heavy (non-hydrogen) atoms. The van der Waals surface area contributed by atoms with Gasteiger partial charge in [0.25, 0.3) is 5.91 Å². The lowest BCUT2D eigenvalue weighted by molar-refractivity contribution is -0.142. The average molecular weight is 600 g/mol. The zero-order valence-corrected chi connectivity index (χ0v) is 23.9. The van der Waals surface area contributed by atoms with E-state index in [2.05, 4.69) is 10.0 Å². The van der Waals surface area contributed by atoms with Crippen molar-refractivity contribution in [3.63, 3.8) is 0 Å². The van der Waals surface area contributed by atoms with E-state index in [9.17, 15) is 31.5 Å². The van der Waals surface area contributed by atoms with E-state index in [0.717, 1.165) is 48.3 Å². The standard InChI is InChI=1S/C31H32F3N3O4S/c1-42(40,41)36-20-21-10-12-23(13-11-21)24-7-5-6-22(16-24)18-30(39,26-8-3-2-4-9-26)29(38)37-27-15-14-25(19-35)28(17-27)31(32,33)34/h5-7,10-17,26,36,39H,2-4,8-9,18,20H2,1H3,(H,37,38). The molecule has 3 aromatic carbocycles. The molecule has 11 heteroatoms. The molecule has 1 atom stereocenters. The summed E-state index contributed by atoms with van der Waals surface area (Å²) in [6, 6.07) is 19.1. The van der Waals surface area contributed by atoms with E-state index in [1.165, 1.54) is 12.1 Å². The van der Waals surface area contributed by atoms with Crippen molar-refractivity contribution in [2.75, 3.05) is 11.6 Å². The number of nitriles is 1. The van der Waals surface area contributed by atoms with E-state index in [1.54, 1.807) is 24.3 Å². The van der Waals surface area contributed by atoms with Gasteiger partial charge in [0.2, 0.25) is 10.0 Å². The minimum absolute atomic E-state index is 0.0455. The molecule has 1 aliphatic carbocycles. The van der Waals surface area contributed by atoms with Crippen molar-refractivity contribution < 1.29 is 31.5 Å². The van der Waals surface area contributed by atoms with E-state index in [-0.39, 0.29) is 18.7 Å². The number of aliphatic hydroxyl groups is 1. The highest BCUT2D eigenvalue weighted by Gasteiger charge is 2.44. The van der Waals surface area contributed by atoms with Crippen LogP contribution in [0.1, 0.15) is 54.4 Å². The van der Waals surface area contributed by atoms with Gasteiger partial charge in [-0.25, -0.2) is 13.1 Å². The molecule has 1 saturated carbocycles. The van der Waals surface area contributed by atoms with Crippen molar-refractivity contribution in [2.45, 2.75) is 56.8 Å². The first kappa shape index (κ1) is 31.2. The smallest absolute Gasteiger partial charge is 0.379 e. The maximum Gasteiger partial charge on any atom is 0.417 e. The van der Waals surface area contributed by atoms with Crippen molar-refractivity contribution in [2.24, 2.45) is 5.92 Å². The van der Waals surface area contributed by atoms with E-state index in [1.807, 2.05) is 24.3 Å². The van der Waals surface area contributed by atoms with Crippen LogP contribution in [0, 0.1) is 17.2 Å². The van der Waals surface area contributed by atoms with Gasteiger partial charge in [-0.1, -0.05) is 67.8 Å². The Morgan fingerprint density at radius 3 is 2.29 bits per heavy atom. The Balaban J connectivity index is 1.59. The van der Waals surface area contributed by atoms with Gasteiger partial charge in [-0.3, -0.25) is 4.79 Å². The van der Waals surface area contributed by atoms with Gasteiger partial charge in [0.05, 0.1) is 23.5 Å². The van der Waals surface area contributed by atoms with Gasteiger partial charge in [-0.05, 0) is 59.2 Å². The van der Waals surface area contributed by atoms with Gasteiger partial charge in [0, 0.05) is 18.7 Å². The van der Waals surface area contributed by atoms with Gasteiger partial charge in [0.1, 0.15) is 5.60 Å². The molecule has 0 heterocycles. The highest BCUT2D eigenvalue weighted by atomic mass is 32.2. The zero-order valence-electron chi connectivity index (χ0n) is 23.0. The first-order chi connectivity index (χ1) is 19.8. The third-order valence-corrected chi connectivity index (χ3v) is 8.27. The molecule has 222 valence electrons. The molecular weight excluding hydrogens is 567 g/mol. The van der Waals surface area contributed by atoms with Crippen LogP contribution in [0.4, 0.5) is 18.9 Å². The summed E-state index contributed by atoms with van der Waals surface area (Å²) in [5.41, 5.74) is -0.623. The van der Waals surface area contributed by atoms with Crippen LogP contribution in [0.15, 0.2) is 66.7 Å². The Hall–Kier alpha value is -3.72. The molecule has 1 amide bonds. The van der Waals surface area contributed by atoms with Crippen LogP contribution in [0.2, 0.25) is 0 Å². The summed E-state index contributed by atoms with van der Waals surface area (Å²) < 4.78 is 65.7. The summed E-state index contributed by atoms with van der Waals surface area (Å²) in [4.78, 5) is 13.6. The number of alkyl halides is 3. The zero-order chi connectivity index (χ0) is 30.5. The molecule has 1 aliphatic rings. The molecule has 0 saturated heterocycles. The molecule has 4 rings (SSSR count). The SMILES string of the molecule is CS(=O)(=O)NCc1ccc(-c2cccc(CC(O)(C(=O)Nc3ccc(C#N)c(C(F)(F)F)c3)C3CCCCC3)c2)cc1. The number of nitrogens with zero attached hydrogens (tertiary/aromatic N) is 1. The number of rotatable bonds is 9. The van der Waals surface area contributed by atoms with E-state index in [4.69, 9.17) is 5.26 Å². The summed E-state index contributed by atoms with van der Waals surface area (Å²) in [6.07, 6.45) is 0.105. The van der Waals surface area contributed by atoms with Crippen LogP contribution >= 0.6 is 0 Å². The maximum atomic E-state index is 13.6. The molecule has 3 N–H and O–H groups in total. The van der Waals surface area contributed by atoms with Crippen molar-refractivity contribution >= 4 is 21.6 Å². The number of halogens is 3. The number of hydrogen-bond donors (Lipinski definition) is 3. The summed E-state index contributed by atoms with van der Waals surface area (Å²) in [7, 11) is -3.33. The fourth-order valence-electron chi connectivity index (χ4n) is 5.39. The molecule has 1 fully saturated rings. The summed E-state index contributed by atoms with van der Waals surface area (Å²) in [5, 5.41) is 23.5. The molecule has 0 bridgehead atoms. The van der Waals surface area contributed by atoms with Gasteiger partial charge >= 0.3 is 6.18 Å². The largest absolute Gasteiger partial charge is 0.417 e. The summed E-state index contributed by atoms with van der Waals surface area (Å²) in [6.45, 7) is 0.159. The predicted octanol–water partition coefficient (Wildman–Crippen LogP) is 5.79. The summed E-state index contributed by atoms with van der Waals surface area (Å²) in [5.74, 6) is -1.18. The number of carbonyl (C=O) groups is 1. The van der Waals surface area contributed by atoms with Gasteiger partial charge in [-0.15, -0.1) is 0 Å². The van der Waals surface area contributed by atoms with Crippen molar-refractivity contribution in [3.05, 3.63) is 89.0 Å². The number of carbonyl (C=O) groups excluding carboxylic acids is 1. The monoisotopic (exact) mass is 599 g/mol. The van der Waals surface area contributed by atoms with Crippen LogP contribution in [-0.4, -0.2) is 31.3 Å². The van der Waals surface area contributed by atoms with Gasteiger partial charge in [-0.2, -0.15) is 18.4 Å². The second kappa shape index (κ2) is 12.7. The van der Waals surface area contributed by atoms with E-state index >= 15 is 0 Å². The van der Waals surface area contributed by atoms with Crippen LogP contribution in [0.5, 0.6) is 0 Å². The van der Waals surface area contributed by atoms with Crippen LogP contribution < -0.4 is 10.0 Å². The minimum atomic E-state index is -4.78. The first-order valence-electron chi connectivity index (χ1n) is 13.6. The first-order valence-corrected chi connectivity index (χ1v) is 15.5. The van der Waals surface area contributed by atoms with Crippen molar-refractivity contribution in [1.29, 1.82) is 5.26 Å². The van der Waals surface area contributed by atoms with Crippen LogP contribution in [-0.2, 0) is 34.0 Å². The molecule has 1 unspecified atom stereocenters. The maximum absolute atomic E-state index is 13.6. The average Bonchev–Trinajstić information content (AvgIpc) is 2.96. The van der Waals surface area contributed by atoms with Crippen LogP contribution in [0.3, 0.4) is 0 Å². The fourth-order valence-corrected chi connectivity index (χ4v) is 5.81. The Morgan fingerprint density at radius 2 is 1.67 bits per heavy atom. The van der Waals surface area contributed by atoms with Crippen molar-refractivity contribution in [1.82, 2.24) is 4.72 Å². The lowest BCUT2D eigenvalue weighted by atomic mass is 9.73. The Kier molecular flexibility index (Phi) is 9.40. The number of sulfonamides is 1. The number of benzene rings is 3. The lowest BCUT2D eigenvalue weighted by Crippen LogP contribution is -2.51. The summed E-state index contributed by atoms with van der Waals surface area (Å²) >= 11 is 0. The number of anilines is 1. The topological polar surface area (TPSA) is 119 Å². The fraction of sp³-hybridized carbons (Fsp3) is 0.355. The number of nitrogens with one attached hydrogen (secondary N) is 2. The normalized spacial score (nSPS) is 15.9. The second-order valence-electron chi connectivity index (χ2n) is 10.8. The molecular formula is C31H32F3N3O4S. The Bertz CT molecular complexity index is 1580. The Morgan fingerprint density at radius 1 is 0.976 bits per heavy atom. The lowest BCUT2D eigenvalue weighted by Gasteiger charge is -2.37. The minimum Gasteiger partial charge on any atom is -0.379 e. The molecule has 0 spiro atoms. The molecule has 3 aromatic rings. The molecule has 0 aliphatic heterocycles. The van der Waals surface area contributed by atoms with E-state index < -0.39 is 44.8 Å². The predicted molar refractivity (Wildman–Crippen MR) is 154 cm³/mol. The van der Waals surface area contributed by atoms with Gasteiger partial charge in [0.15, 0.2) is 0 Å². The highest BCUT2D eigenvalue weighted by molar-refractivity contribution is 7.88. The van der Waals surface area contributed by atoms with Crippen LogP contribution in [0.25, 0.3) is 11.1 Å². The number of hydrogen-bond acceptors (Lipinski definition) is 5. The van der Waals surface area contributed by atoms with Crippen molar-refractivity contribution in [3.8, 4) is 17.2 Å². The highest BCUT2D eigenvalue weighted by Crippen LogP contribution is 2.38. The quantitative estimate of drug-likeness (QED) is 0.288.